The van der Waals surface area contributed by atoms with Crippen LogP contribution in [0.15, 0.2) is 24.9 Å². The highest BCUT2D eigenvalue weighted by Crippen LogP contribution is 2.31. The molecule has 1 saturated heterocycles. The smallest absolute Gasteiger partial charge is 0.225 e. The third-order valence-electron chi connectivity index (χ3n) is 6.02. The Balaban J connectivity index is 1.50. The highest BCUT2D eigenvalue weighted by molar-refractivity contribution is 5.77. The Bertz CT molecular complexity index is 881. The zero-order chi connectivity index (χ0) is 20.4. The number of hydrogen-bond acceptors (Lipinski definition) is 5. The fourth-order valence-corrected chi connectivity index (χ4v) is 4.26. The minimum absolute atomic E-state index is 0.0644. The number of aromatic nitrogens is 4. The molecule has 0 bridgehead atoms. The van der Waals surface area contributed by atoms with Gasteiger partial charge in [-0.25, -0.2) is 15.0 Å². The van der Waals surface area contributed by atoms with E-state index < -0.39 is 0 Å². The Morgan fingerprint density at radius 2 is 2.14 bits per heavy atom. The van der Waals surface area contributed by atoms with Crippen LogP contribution in [0.4, 0.5) is 0 Å². The monoisotopic (exact) mass is 396 g/mol. The van der Waals surface area contributed by atoms with Crippen LogP contribution in [0.3, 0.4) is 0 Å². The van der Waals surface area contributed by atoms with Crippen molar-refractivity contribution in [3.8, 4) is 0 Å². The van der Waals surface area contributed by atoms with Crippen molar-refractivity contribution in [3.05, 3.63) is 42.0 Å². The van der Waals surface area contributed by atoms with Gasteiger partial charge in [0.25, 0.3) is 0 Å². The fraction of sp³-hybridized carbons (Fsp3) is 0.571. The van der Waals surface area contributed by atoms with E-state index in [0.29, 0.717) is 19.5 Å². The molecule has 0 spiro atoms. The van der Waals surface area contributed by atoms with Gasteiger partial charge in [0, 0.05) is 69.6 Å². The molecule has 0 aromatic carbocycles. The van der Waals surface area contributed by atoms with Gasteiger partial charge in [0.15, 0.2) is 5.82 Å². The number of amides is 2. The first-order valence-electron chi connectivity index (χ1n) is 10.4. The summed E-state index contributed by atoms with van der Waals surface area (Å²) >= 11 is 0. The molecule has 2 aliphatic heterocycles. The Morgan fingerprint density at radius 3 is 2.90 bits per heavy atom. The standard InChI is InChI=1S/C21H28N6O2/c1-15(26-10-7-22-14-26)11-20(29)27-8-4-3-5-19(27)21-23-12-17-13-25(16(2)28)9-6-18(17)24-21/h7,10,12,14-15,19H,3-6,8-9,11,13H2,1-2H3/t15-,19+/m0/s1. The lowest BCUT2D eigenvalue weighted by molar-refractivity contribution is -0.136. The van der Waals surface area contributed by atoms with E-state index in [-0.39, 0.29) is 23.9 Å². The molecule has 4 rings (SSSR count). The zero-order valence-corrected chi connectivity index (χ0v) is 17.1. The van der Waals surface area contributed by atoms with E-state index in [1.807, 2.05) is 33.7 Å². The third-order valence-corrected chi connectivity index (χ3v) is 6.02. The number of imidazole rings is 1. The van der Waals surface area contributed by atoms with Gasteiger partial charge in [-0.15, -0.1) is 0 Å². The van der Waals surface area contributed by atoms with Crippen LogP contribution >= 0.6 is 0 Å². The Hall–Kier alpha value is -2.77. The van der Waals surface area contributed by atoms with Crippen LogP contribution in [0.25, 0.3) is 0 Å². The molecular weight excluding hydrogens is 368 g/mol. The highest BCUT2D eigenvalue weighted by Gasteiger charge is 2.31. The summed E-state index contributed by atoms with van der Waals surface area (Å²) in [6.45, 7) is 5.64. The molecule has 4 heterocycles. The van der Waals surface area contributed by atoms with Gasteiger partial charge in [-0.3, -0.25) is 9.59 Å². The van der Waals surface area contributed by atoms with Gasteiger partial charge in [-0.2, -0.15) is 0 Å². The number of carbonyl (C=O) groups excluding carboxylic acids is 2. The molecule has 154 valence electrons. The number of carbonyl (C=O) groups is 2. The van der Waals surface area contributed by atoms with E-state index in [9.17, 15) is 9.59 Å². The lowest BCUT2D eigenvalue weighted by Crippen LogP contribution is -2.40. The predicted molar refractivity (Wildman–Crippen MR) is 107 cm³/mol. The molecule has 0 unspecified atom stereocenters. The summed E-state index contributed by atoms with van der Waals surface area (Å²) in [5.41, 5.74) is 2.02. The molecule has 0 radical (unpaired) electrons. The summed E-state index contributed by atoms with van der Waals surface area (Å²) < 4.78 is 1.97. The molecule has 2 atom stereocenters. The highest BCUT2D eigenvalue weighted by atomic mass is 16.2. The lowest BCUT2D eigenvalue weighted by atomic mass is 9.99. The number of rotatable bonds is 4. The second-order valence-electron chi connectivity index (χ2n) is 8.05. The summed E-state index contributed by atoms with van der Waals surface area (Å²) in [4.78, 5) is 42.0. The van der Waals surface area contributed by atoms with Crippen LogP contribution in [0.5, 0.6) is 0 Å². The summed E-state index contributed by atoms with van der Waals surface area (Å²) in [6, 6.07) is -0.00281. The van der Waals surface area contributed by atoms with E-state index in [2.05, 4.69) is 9.97 Å². The number of piperidine rings is 1. The van der Waals surface area contributed by atoms with Crippen molar-refractivity contribution in [2.45, 2.75) is 64.6 Å². The fourth-order valence-electron chi connectivity index (χ4n) is 4.26. The summed E-state index contributed by atoms with van der Waals surface area (Å²) in [5.74, 6) is 0.958. The number of fused-ring (bicyclic) bond motifs is 1. The normalized spacial score (nSPS) is 20.3. The third kappa shape index (κ3) is 4.16. The molecule has 8 heteroatoms. The average molecular weight is 396 g/mol. The molecule has 0 saturated carbocycles. The molecule has 0 N–H and O–H groups in total. The SMILES string of the molecule is CC(=O)N1CCc2nc([C@H]3CCCCN3C(=O)C[C@H](C)n3ccnc3)ncc2C1. The van der Waals surface area contributed by atoms with Gasteiger partial charge < -0.3 is 14.4 Å². The van der Waals surface area contributed by atoms with Crippen LogP contribution in [0, 0.1) is 0 Å². The molecule has 2 aliphatic rings. The van der Waals surface area contributed by atoms with Crippen LogP contribution in [-0.4, -0.2) is 54.2 Å². The maximum atomic E-state index is 13.1. The minimum atomic E-state index is -0.0672. The van der Waals surface area contributed by atoms with Crippen molar-refractivity contribution in [2.24, 2.45) is 0 Å². The van der Waals surface area contributed by atoms with Crippen molar-refractivity contribution in [1.29, 1.82) is 0 Å². The van der Waals surface area contributed by atoms with Gasteiger partial charge in [0.1, 0.15) is 0 Å². The van der Waals surface area contributed by atoms with Crippen molar-refractivity contribution in [2.75, 3.05) is 13.1 Å². The molecule has 0 aliphatic carbocycles. The van der Waals surface area contributed by atoms with Gasteiger partial charge >= 0.3 is 0 Å². The first-order chi connectivity index (χ1) is 14.0. The van der Waals surface area contributed by atoms with Crippen LogP contribution in [0.2, 0.25) is 0 Å². The Labute approximate surface area is 171 Å². The van der Waals surface area contributed by atoms with Crippen molar-refractivity contribution in [1.82, 2.24) is 29.3 Å². The topological polar surface area (TPSA) is 84.2 Å². The molecule has 2 aromatic heterocycles. The number of nitrogens with zero attached hydrogens (tertiary/aromatic N) is 6. The summed E-state index contributed by atoms with van der Waals surface area (Å²) in [7, 11) is 0. The van der Waals surface area contributed by atoms with E-state index in [0.717, 1.165) is 49.3 Å². The largest absolute Gasteiger partial charge is 0.338 e. The number of hydrogen-bond donors (Lipinski definition) is 0. The second kappa shape index (κ2) is 8.31. The number of likely N-dealkylation sites (tertiary alicyclic amines) is 1. The van der Waals surface area contributed by atoms with E-state index in [4.69, 9.17) is 4.98 Å². The first-order valence-corrected chi connectivity index (χ1v) is 10.4. The first kappa shape index (κ1) is 19.5. The predicted octanol–water partition coefficient (Wildman–Crippen LogP) is 2.28. The second-order valence-corrected chi connectivity index (χ2v) is 8.05. The van der Waals surface area contributed by atoms with Crippen molar-refractivity contribution >= 4 is 11.8 Å². The molecule has 8 nitrogen and oxygen atoms in total. The maximum absolute atomic E-state index is 13.1. The molecule has 2 amide bonds. The zero-order valence-electron chi connectivity index (χ0n) is 17.1. The van der Waals surface area contributed by atoms with Gasteiger partial charge in [0.2, 0.25) is 11.8 Å². The molecule has 2 aromatic rings. The van der Waals surface area contributed by atoms with E-state index in [1.54, 1.807) is 19.4 Å². The lowest BCUT2D eigenvalue weighted by Gasteiger charge is -2.36. The average Bonchev–Trinajstić information content (AvgIpc) is 3.28. The molecule has 1 fully saturated rings. The van der Waals surface area contributed by atoms with Gasteiger partial charge in [-0.05, 0) is 26.2 Å². The molecule has 29 heavy (non-hydrogen) atoms. The van der Waals surface area contributed by atoms with E-state index >= 15 is 0 Å². The van der Waals surface area contributed by atoms with Crippen LogP contribution in [0.1, 0.15) is 68.7 Å². The van der Waals surface area contributed by atoms with E-state index in [1.165, 1.54) is 0 Å². The van der Waals surface area contributed by atoms with Crippen molar-refractivity contribution in [3.63, 3.8) is 0 Å². The van der Waals surface area contributed by atoms with Crippen LogP contribution in [-0.2, 0) is 22.6 Å². The Morgan fingerprint density at radius 1 is 1.28 bits per heavy atom. The van der Waals surface area contributed by atoms with Gasteiger partial charge in [-0.1, -0.05) is 0 Å². The minimum Gasteiger partial charge on any atom is -0.338 e. The van der Waals surface area contributed by atoms with Crippen molar-refractivity contribution < 1.29 is 9.59 Å². The van der Waals surface area contributed by atoms with Gasteiger partial charge in [0.05, 0.1) is 18.1 Å². The van der Waals surface area contributed by atoms with Crippen LogP contribution < -0.4 is 0 Å². The maximum Gasteiger partial charge on any atom is 0.225 e. The quantitative estimate of drug-likeness (QED) is 0.792. The summed E-state index contributed by atoms with van der Waals surface area (Å²) in [6.07, 6.45) is 11.4. The Kier molecular flexibility index (Phi) is 5.60. The molecular formula is C21H28N6O2. The summed E-state index contributed by atoms with van der Waals surface area (Å²) in [5, 5.41) is 0.